The lowest BCUT2D eigenvalue weighted by molar-refractivity contribution is -0.129. The van der Waals surface area contributed by atoms with Crippen LogP contribution in [-0.4, -0.2) is 59.0 Å². The quantitative estimate of drug-likeness (QED) is 0.392. The molecule has 1 unspecified atom stereocenters. The second-order valence-corrected chi connectivity index (χ2v) is 11.1. The number of benzene rings is 2. The van der Waals surface area contributed by atoms with Gasteiger partial charge in [-0.25, -0.2) is 18.4 Å². The smallest absolute Gasteiger partial charge is 0.233 e. The van der Waals surface area contributed by atoms with Crippen molar-refractivity contribution in [3.8, 4) is 0 Å². The van der Waals surface area contributed by atoms with Crippen LogP contribution >= 0.6 is 23.4 Å². The van der Waals surface area contributed by atoms with Crippen LogP contribution in [0, 0.1) is 0 Å². The van der Waals surface area contributed by atoms with E-state index in [1.54, 1.807) is 11.0 Å². The first-order valence-corrected chi connectivity index (χ1v) is 13.5. The van der Waals surface area contributed by atoms with E-state index >= 15 is 0 Å². The Hall–Kier alpha value is -2.36. The van der Waals surface area contributed by atoms with Crippen molar-refractivity contribution in [1.82, 2.24) is 14.9 Å². The van der Waals surface area contributed by atoms with E-state index in [9.17, 15) is 13.2 Å². The van der Waals surface area contributed by atoms with Crippen molar-refractivity contribution in [3.63, 3.8) is 0 Å². The van der Waals surface area contributed by atoms with Gasteiger partial charge in [0, 0.05) is 18.0 Å². The van der Waals surface area contributed by atoms with Gasteiger partial charge in [-0.1, -0.05) is 47.6 Å². The van der Waals surface area contributed by atoms with Crippen molar-refractivity contribution in [2.45, 2.75) is 24.5 Å². The van der Waals surface area contributed by atoms with E-state index in [2.05, 4.69) is 15.3 Å². The molecule has 168 valence electrons. The highest BCUT2D eigenvalue weighted by atomic mass is 35.5. The van der Waals surface area contributed by atoms with Gasteiger partial charge in [-0.15, -0.1) is 0 Å². The first kappa shape index (κ1) is 22.8. The van der Waals surface area contributed by atoms with Gasteiger partial charge in [0.2, 0.25) is 5.91 Å². The molecule has 0 spiro atoms. The average molecular weight is 491 g/mol. The zero-order chi connectivity index (χ0) is 22.7. The largest absolute Gasteiger partial charge is 0.338 e. The number of rotatable bonds is 7. The second-order valence-electron chi connectivity index (χ2n) is 7.50. The molecule has 0 aliphatic carbocycles. The Morgan fingerprint density at radius 2 is 1.94 bits per heavy atom. The highest BCUT2D eigenvalue weighted by Gasteiger charge is 2.33. The van der Waals surface area contributed by atoms with Gasteiger partial charge in [-0.2, -0.15) is 0 Å². The minimum absolute atomic E-state index is 0.0373. The van der Waals surface area contributed by atoms with Crippen LogP contribution in [0.25, 0.3) is 10.9 Å². The topological polar surface area (TPSA) is 92.3 Å². The number of hydrogen-bond acceptors (Lipinski definition) is 7. The van der Waals surface area contributed by atoms with Crippen LogP contribution in [0.15, 0.2) is 53.7 Å². The molecule has 1 aromatic heterocycles. The number of fused-ring (bicyclic) bond motifs is 1. The molecule has 1 saturated heterocycles. The Kier molecular flexibility index (Phi) is 6.88. The molecule has 32 heavy (non-hydrogen) atoms. The molecule has 0 saturated carbocycles. The van der Waals surface area contributed by atoms with Gasteiger partial charge in [0.15, 0.2) is 15.0 Å². The number of hydrogen-bond donors (Lipinski definition) is 1. The van der Waals surface area contributed by atoms with Crippen LogP contribution in [0.2, 0.25) is 5.02 Å². The summed E-state index contributed by atoms with van der Waals surface area (Å²) in [5.41, 5.74) is 1.48. The molecule has 1 N–H and O–H groups in total. The number of carbonyl (C=O) groups is 1. The number of halogens is 1. The van der Waals surface area contributed by atoms with Gasteiger partial charge in [0.1, 0.15) is 5.82 Å². The molecule has 0 bridgehead atoms. The molecule has 1 atom stereocenters. The Balaban J connectivity index is 1.54. The summed E-state index contributed by atoms with van der Waals surface area (Å²) in [5, 5.41) is 5.15. The number of carbonyl (C=O) groups excluding carboxylic acids is 1. The van der Waals surface area contributed by atoms with E-state index in [0.29, 0.717) is 29.0 Å². The maximum atomic E-state index is 12.9. The summed E-state index contributed by atoms with van der Waals surface area (Å²) in [6.07, 6.45) is 0.491. The summed E-state index contributed by atoms with van der Waals surface area (Å²) in [6.45, 7) is 2.34. The van der Waals surface area contributed by atoms with Gasteiger partial charge < -0.3 is 10.2 Å². The number of nitrogens with one attached hydrogen (secondary N) is 1. The van der Waals surface area contributed by atoms with Crippen molar-refractivity contribution in [3.05, 3.63) is 53.6 Å². The third-order valence-corrected chi connectivity index (χ3v) is 8.26. The Morgan fingerprint density at radius 3 is 2.66 bits per heavy atom. The van der Waals surface area contributed by atoms with Crippen LogP contribution in [0.3, 0.4) is 0 Å². The van der Waals surface area contributed by atoms with Gasteiger partial charge in [-0.3, -0.25) is 4.79 Å². The molecule has 2 aromatic carbocycles. The first-order valence-electron chi connectivity index (χ1n) is 10.3. The fourth-order valence-electron chi connectivity index (χ4n) is 3.77. The number of para-hydroxylation sites is 2. The van der Waals surface area contributed by atoms with E-state index in [0.717, 1.165) is 16.6 Å². The summed E-state index contributed by atoms with van der Waals surface area (Å²) in [6, 6.07) is 14.8. The van der Waals surface area contributed by atoms with E-state index in [-0.39, 0.29) is 29.2 Å². The van der Waals surface area contributed by atoms with E-state index in [1.807, 2.05) is 49.4 Å². The van der Waals surface area contributed by atoms with Crippen molar-refractivity contribution < 1.29 is 13.2 Å². The first-order chi connectivity index (χ1) is 15.4. The molecule has 3 aromatic rings. The molecule has 1 aliphatic heterocycles. The van der Waals surface area contributed by atoms with Crippen molar-refractivity contribution in [2.75, 3.05) is 29.1 Å². The van der Waals surface area contributed by atoms with Gasteiger partial charge in [-0.05, 0) is 37.6 Å². The predicted octanol–water partition coefficient (Wildman–Crippen LogP) is 4.15. The van der Waals surface area contributed by atoms with Crippen LogP contribution in [0.5, 0.6) is 0 Å². The number of nitrogens with zero attached hydrogens (tertiary/aromatic N) is 3. The Bertz CT molecular complexity index is 1250. The van der Waals surface area contributed by atoms with E-state index in [1.165, 1.54) is 11.8 Å². The molecular weight excluding hydrogens is 468 g/mol. The Labute approximate surface area is 196 Å². The lowest BCUT2D eigenvalue weighted by Gasteiger charge is -2.26. The van der Waals surface area contributed by atoms with Crippen molar-refractivity contribution in [2.24, 2.45) is 0 Å². The number of thioether (sulfide) groups is 1. The van der Waals surface area contributed by atoms with Gasteiger partial charge in [0.05, 0.1) is 33.5 Å². The zero-order valence-electron chi connectivity index (χ0n) is 17.5. The second kappa shape index (κ2) is 9.64. The van der Waals surface area contributed by atoms with Crippen LogP contribution < -0.4 is 5.32 Å². The normalized spacial score (nSPS) is 17.4. The summed E-state index contributed by atoms with van der Waals surface area (Å²) < 4.78 is 23.6. The number of anilines is 2. The van der Waals surface area contributed by atoms with Gasteiger partial charge >= 0.3 is 0 Å². The minimum Gasteiger partial charge on any atom is -0.338 e. The monoisotopic (exact) mass is 490 g/mol. The van der Waals surface area contributed by atoms with Crippen LogP contribution in [0.1, 0.15) is 13.3 Å². The standard InChI is InChI=1S/C22H23ClN4O3S2/c1-2-27(15-11-12-32(29,30)14-15)20(28)13-31-22-25-18-9-5-3-7-16(18)21(26-22)24-19-10-6-4-8-17(19)23/h3-10,15H,2,11-14H2,1H3,(H,24,25,26). The van der Waals surface area contributed by atoms with E-state index in [4.69, 9.17) is 11.6 Å². The molecule has 2 heterocycles. The fourth-order valence-corrected chi connectivity index (χ4v) is 6.42. The molecule has 0 radical (unpaired) electrons. The van der Waals surface area contributed by atoms with Crippen LogP contribution in [-0.2, 0) is 14.6 Å². The molecule has 1 fully saturated rings. The van der Waals surface area contributed by atoms with Crippen LogP contribution in [0.4, 0.5) is 11.5 Å². The summed E-state index contributed by atoms with van der Waals surface area (Å²) in [4.78, 5) is 23.7. The third-order valence-electron chi connectivity index (χ3n) is 5.34. The SMILES string of the molecule is CCN(C(=O)CSc1nc(Nc2ccccc2Cl)c2ccccc2n1)C1CCS(=O)(=O)C1. The number of aromatic nitrogens is 2. The molecule has 1 aliphatic rings. The van der Waals surface area contributed by atoms with E-state index < -0.39 is 9.84 Å². The highest BCUT2D eigenvalue weighted by molar-refractivity contribution is 7.99. The average Bonchev–Trinajstić information content (AvgIpc) is 3.13. The predicted molar refractivity (Wildman–Crippen MR) is 129 cm³/mol. The summed E-state index contributed by atoms with van der Waals surface area (Å²) >= 11 is 7.54. The summed E-state index contributed by atoms with van der Waals surface area (Å²) in [5.74, 6) is 0.799. The third kappa shape index (κ3) is 5.16. The highest BCUT2D eigenvalue weighted by Crippen LogP contribution is 2.30. The lowest BCUT2D eigenvalue weighted by atomic mass is 10.2. The van der Waals surface area contributed by atoms with Crippen molar-refractivity contribution >= 4 is 61.5 Å². The maximum Gasteiger partial charge on any atom is 0.233 e. The lowest BCUT2D eigenvalue weighted by Crippen LogP contribution is -2.41. The molecule has 10 heteroatoms. The van der Waals surface area contributed by atoms with Gasteiger partial charge in [0.25, 0.3) is 0 Å². The molecule has 4 rings (SSSR count). The summed E-state index contributed by atoms with van der Waals surface area (Å²) in [7, 11) is -3.06. The number of amides is 1. The zero-order valence-corrected chi connectivity index (χ0v) is 19.9. The molecule has 7 nitrogen and oxygen atoms in total. The molecular formula is C22H23ClN4O3S2. The molecule has 1 amide bonds. The maximum absolute atomic E-state index is 12.9. The Morgan fingerprint density at radius 1 is 1.19 bits per heavy atom. The van der Waals surface area contributed by atoms with Crippen molar-refractivity contribution in [1.29, 1.82) is 0 Å². The minimum atomic E-state index is -3.06. The number of sulfone groups is 1. The fraction of sp³-hybridized carbons (Fsp3) is 0.318.